The normalized spacial score (nSPS) is 11.4. The second-order valence-electron chi connectivity index (χ2n) is 7.65. The van der Waals surface area contributed by atoms with Gasteiger partial charge in [-0.15, -0.1) is 0 Å². The van der Waals surface area contributed by atoms with Crippen LogP contribution in [-0.4, -0.2) is 20.4 Å². The van der Waals surface area contributed by atoms with Crippen molar-refractivity contribution in [2.24, 2.45) is 0 Å². The molecule has 0 spiro atoms. The van der Waals surface area contributed by atoms with Crippen LogP contribution in [-0.2, 0) is 0 Å². The summed E-state index contributed by atoms with van der Waals surface area (Å²) in [5.41, 5.74) is 2.01. The molecule has 0 aliphatic carbocycles. The standard InChI is InChI=1S/C27H20O4/c28-19-10-6-16-8-12-23(30)26(21(16)14-19)25(18-4-2-1-3-5-18)27-22-15-20(29)11-7-17(22)9-13-24(27)31/h1-15,25,28-31H. The smallest absolute Gasteiger partial charge is 0.120 e. The van der Waals surface area contributed by atoms with E-state index in [1.165, 1.54) is 0 Å². The second-order valence-corrected chi connectivity index (χ2v) is 7.65. The maximum Gasteiger partial charge on any atom is 0.120 e. The molecule has 5 rings (SSSR count). The topological polar surface area (TPSA) is 80.9 Å². The van der Waals surface area contributed by atoms with Crippen molar-refractivity contribution in [3.63, 3.8) is 0 Å². The second kappa shape index (κ2) is 7.26. The number of hydrogen-bond acceptors (Lipinski definition) is 4. The van der Waals surface area contributed by atoms with Gasteiger partial charge in [0.25, 0.3) is 0 Å². The fraction of sp³-hybridized carbons (Fsp3) is 0.0370. The average molecular weight is 408 g/mol. The molecule has 0 atom stereocenters. The lowest BCUT2D eigenvalue weighted by atomic mass is 9.80. The van der Waals surface area contributed by atoms with Crippen LogP contribution in [0.15, 0.2) is 91.0 Å². The van der Waals surface area contributed by atoms with Gasteiger partial charge in [0, 0.05) is 17.0 Å². The number of benzene rings is 5. The van der Waals surface area contributed by atoms with Gasteiger partial charge in [-0.05, 0) is 63.5 Å². The number of aromatic hydroxyl groups is 4. The van der Waals surface area contributed by atoms with Crippen LogP contribution in [0.5, 0.6) is 23.0 Å². The third-order valence-corrected chi connectivity index (χ3v) is 5.76. The lowest BCUT2D eigenvalue weighted by Crippen LogP contribution is -2.06. The van der Waals surface area contributed by atoms with Gasteiger partial charge in [0.1, 0.15) is 23.0 Å². The van der Waals surface area contributed by atoms with Gasteiger partial charge in [-0.1, -0.05) is 54.6 Å². The summed E-state index contributed by atoms with van der Waals surface area (Å²) in [6.07, 6.45) is 0. The summed E-state index contributed by atoms with van der Waals surface area (Å²) in [4.78, 5) is 0. The summed E-state index contributed by atoms with van der Waals surface area (Å²) in [6.45, 7) is 0. The van der Waals surface area contributed by atoms with Gasteiger partial charge in [0.05, 0.1) is 0 Å². The van der Waals surface area contributed by atoms with Crippen molar-refractivity contribution in [3.8, 4) is 23.0 Å². The van der Waals surface area contributed by atoms with Crippen LogP contribution in [0.1, 0.15) is 22.6 Å². The van der Waals surface area contributed by atoms with Gasteiger partial charge < -0.3 is 20.4 Å². The zero-order chi connectivity index (χ0) is 21.5. The molecule has 4 nitrogen and oxygen atoms in total. The molecule has 0 bridgehead atoms. The molecule has 0 fully saturated rings. The van der Waals surface area contributed by atoms with Crippen LogP contribution >= 0.6 is 0 Å². The van der Waals surface area contributed by atoms with E-state index in [1.807, 2.05) is 30.3 Å². The summed E-state index contributed by atoms with van der Waals surface area (Å²) in [5, 5.41) is 45.4. The minimum Gasteiger partial charge on any atom is -0.508 e. The van der Waals surface area contributed by atoms with E-state index in [4.69, 9.17) is 0 Å². The minimum atomic E-state index is -0.544. The van der Waals surface area contributed by atoms with E-state index in [9.17, 15) is 20.4 Å². The molecule has 0 aliphatic heterocycles. The summed E-state index contributed by atoms with van der Waals surface area (Å²) in [5.74, 6) is -0.249. The maximum absolute atomic E-state index is 11.0. The number of phenols is 4. The highest BCUT2D eigenvalue weighted by atomic mass is 16.3. The Morgan fingerprint density at radius 3 is 1.42 bits per heavy atom. The van der Waals surface area contributed by atoms with Crippen molar-refractivity contribution in [1.29, 1.82) is 0 Å². The molecule has 4 N–H and O–H groups in total. The molecular weight excluding hydrogens is 388 g/mol. The first-order valence-electron chi connectivity index (χ1n) is 9.97. The number of hydrogen-bond donors (Lipinski definition) is 4. The van der Waals surface area contributed by atoms with Crippen LogP contribution in [0, 0.1) is 0 Å². The van der Waals surface area contributed by atoms with Gasteiger partial charge >= 0.3 is 0 Å². The molecule has 5 aromatic carbocycles. The van der Waals surface area contributed by atoms with Gasteiger partial charge in [0.15, 0.2) is 0 Å². The van der Waals surface area contributed by atoms with Crippen LogP contribution in [0.4, 0.5) is 0 Å². The van der Waals surface area contributed by atoms with Crippen molar-refractivity contribution in [2.75, 3.05) is 0 Å². The molecule has 5 aromatic rings. The van der Waals surface area contributed by atoms with Gasteiger partial charge in [-0.3, -0.25) is 0 Å². The van der Waals surface area contributed by atoms with E-state index in [0.717, 1.165) is 16.3 Å². The largest absolute Gasteiger partial charge is 0.508 e. The Hall–Kier alpha value is -4.18. The Balaban J connectivity index is 1.94. The zero-order valence-electron chi connectivity index (χ0n) is 16.5. The highest BCUT2D eigenvalue weighted by Crippen LogP contribution is 2.47. The van der Waals surface area contributed by atoms with Crippen LogP contribution < -0.4 is 0 Å². The van der Waals surface area contributed by atoms with Crippen molar-refractivity contribution in [3.05, 3.63) is 108 Å². The van der Waals surface area contributed by atoms with E-state index >= 15 is 0 Å². The summed E-state index contributed by atoms with van der Waals surface area (Å²) in [6, 6.07) is 26.5. The summed E-state index contributed by atoms with van der Waals surface area (Å²) in [7, 11) is 0. The van der Waals surface area contributed by atoms with Crippen LogP contribution in [0.2, 0.25) is 0 Å². The van der Waals surface area contributed by atoms with Crippen molar-refractivity contribution >= 4 is 21.5 Å². The lowest BCUT2D eigenvalue weighted by Gasteiger charge is -2.24. The first-order chi connectivity index (χ1) is 15.0. The minimum absolute atomic E-state index is 0.0588. The molecular formula is C27H20O4. The highest BCUT2D eigenvalue weighted by molar-refractivity contribution is 5.94. The monoisotopic (exact) mass is 408 g/mol. The van der Waals surface area contributed by atoms with Gasteiger partial charge in [-0.25, -0.2) is 0 Å². The van der Waals surface area contributed by atoms with E-state index in [2.05, 4.69) is 0 Å². The van der Waals surface area contributed by atoms with Crippen molar-refractivity contribution in [1.82, 2.24) is 0 Å². The SMILES string of the molecule is Oc1ccc2ccc(O)c(C(c3ccccc3)c3c(O)ccc4ccc(O)cc34)c2c1. The highest BCUT2D eigenvalue weighted by Gasteiger charge is 2.27. The van der Waals surface area contributed by atoms with E-state index in [0.29, 0.717) is 21.9 Å². The quantitative estimate of drug-likeness (QED) is 0.276. The molecule has 0 amide bonds. The molecule has 0 radical (unpaired) electrons. The number of phenolic OH excluding ortho intramolecular Hbond substituents is 4. The average Bonchev–Trinajstić information content (AvgIpc) is 2.77. The van der Waals surface area contributed by atoms with E-state index in [1.54, 1.807) is 60.7 Å². The van der Waals surface area contributed by atoms with Crippen LogP contribution in [0.25, 0.3) is 21.5 Å². The first-order valence-corrected chi connectivity index (χ1v) is 9.97. The van der Waals surface area contributed by atoms with E-state index < -0.39 is 5.92 Å². The third kappa shape index (κ3) is 3.19. The molecule has 0 unspecified atom stereocenters. The van der Waals surface area contributed by atoms with Crippen LogP contribution in [0.3, 0.4) is 0 Å². The third-order valence-electron chi connectivity index (χ3n) is 5.76. The van der Waals surface area contributed by atoms with E-state index in [-0.39, 0.29) is 23.0 Å². The predicted octanol–water partition coefficient (Wildman–Crippen LogP) is 6.00. The molecule has 31 heavy (non-hydrogen) atoms. The van der Waals surface area contributed by atoms with Gasteiger partial charge in [0.2, 0.25) is 0 Å². The zero-order valence-corrected chi connectivity index (χ0v) is 16.5. The van der Waals surface area contributed by atoms with Gasteiger partial charge in [-0.2, -0.15) is 0 Å². The molecule has 0 aromatic heterocycles. The maximum atomic E-state index is 11.0. The Morgan fingerprint density at radius 2 is 0.935 bits per heavy atom. The predicted molar refractivity (Wildman–Crippen MR) is 122 cm³/mol. The first kappa shape index (κ1) is 18.8. The molecule has 152 valence electrons. The summed E-state index contributed by atoms with van der Waals surface area (Å²) < 4.78 is 0. The van der Waals surface area contributed by atoms with Crippen molar-refractivity contribution < 1.29 is 20.4 Å². The molecule has 0 aliphatic rings. The van der Waals surface area contributed by atoms with Crippen molar-refractivity contribution in [2.45, 2.75) is 5.92 Å². The Bertz CT molecular complexity index is 1320. The Morgan fingerprint density at radius 1 is 0.484 bits per heavy atom. The fourth-order valence-corrected chi connectivity index (χ4v) is 4.37. The molecule has 0 saturated heterocycles. The Kier molecular flexibility index (Phi) is 4.41. The summed E-state index contributed by atoms with van der Waals surface area (Å²) >= 11 is 0. The molecule has 4 heteroatoms. The number of fused-ring (bicyclic) bond motifs is 2. The Labute approximate surface area is 178 Å². The molecule has 0 saturated carbocycles. The fourth-order valence-electron chi connectivity index (χ4n) is 4.37. The lowest BCUT2D eigenvalue weighted by molar-refractivity contribution is 0.460. The molecule has 0 heterocycles. The number of rotatable bonds is 3.